The molecule has 1 aliphatic carbocycles. The molecule has 3 atom stereocenters. The number of hydrogen-bond donors (Lipinski definition) is 0. The van der Waals surface area contributed by atoms with Gasteiger partial charge in [-0.25, -0.2) is 0 Å². The van der Waals surface area contributed by atoms with Gasteiger partial charge in [0.2, 0.25) is 0 Å². The molecule has 27 heavy (non-hydrogen) atoms. The number of unbranched alkanes of at least 4 members (excludes halogenated alkanes) is 9. The van der Waals surface area contributed by atoms with E-state index in [1.807, 2.05) is 0 Å². The maximum atomic E-state index is 5.85. The molecule has 0 radical (unpaired) electrons. The van der Waals surface area contributed by atoms with Crippen molar-refractivity contribution in [3.05, 3.63) is 0 Å². The predicted octanol–water partition coefficient (Wildman–Crippen LogP) is 7.94. The average Bonchev–Trinajstić information content (AvgIpc) is 3.43. The minimum Gasteiger partial charge on any atom is -0.379 e. The van der Waals surface area contributed by atoms with E-state index in [9.17, 15) is 0 Å². The Morgan fingerprint density at radius 3 is 1.89 bits per heavy atom. The van der Waals surface area contributed by atoms with Crippen molar-refractivity contribution in [2.24, 2.45) is 11.8 Å². The van der Waals surface area contributed by atoms with E-state index in [4.69, 9.17) is 9.47 Å². The summed E-state index contributed by atoms with van der Waals surface area (Å²) in [6, 6.07) is 0. The molecule has 0 N–H and O–H groups in total. The summed E-state index contributed by atoms with van der Waals surface area (Å²) in [5.74, 6) is 2.18. The number of ether oxygens (including phenoxy) is 2. The molecule has 1 saturated carbocycles. The molecular weight excluding hydrogens is 332 g/mol. The van der Waals surface area contributed by atoms with Crippen molar-refractivity contribution in [1.82, 2.24) is 0 Å². The first-order valence-electron chi connectivity index (χ1n) is 12.5. The molecule has 1 fully saturated rings. The van der Waals surface area contributed by atoms with Gasteiger partial charge in [0, 0.05) is 13.2 Å². The van der Waals surface area contributed by atoms with Crippen LogP contribution in [-0.2, 0) is 9.47 Å². The molecular formula is C25H50O2. The van der Waals surface area contributed by atoms with Gasteiger partial charge in [0.25, 0.3) is 0 Å². The molecule has 2 nitrogen and oxygen atoms in total. The molecule has 1 aliphatic rings. The molecule has 2 heteroatoms. The highest BCUT2D eigenvalue weighted by molar-refractivity contribution is 4.85. The van der Waals surface area contributed by atoms with Crippen LogP contribution >= 0.6 is 0 Å². The zero-order chi connectivity index (χ0) is 19.6. The third kappa shape index (κ3) is 14.6. The van der Waals surface area contributed by atoms with Crippen LogP contribution in [0.1, 0.15) is 124 Å². The third-order valence-corrected chi connectivity index (χ3v) is 6.22. The van der Waals surface area contributed by atoms with Gasteiger partial charge in [0.15, 0.2) is 0 Å². The molecule has 0 aliphatic heterocycles. The quantitative estimate of drug-likeness (QED) is 0.188. The fourth-order valence-electron chi connectivity index (χ4n) is 4.06. The zero-order valence-electron chi connectivity index (χ0n) is 19.0. The minimum absolute atomic E-state index is 0.301. The summed E-state index contributed by atoms with van der Waals surface area (Å²) >= 11 is 0. The van der Waals surface area contributed by atoms with Crippen molar-refractivity contribution in [2.75, 3.05) is 19.8 Å². The van der Waals surface area contributed by atoms with Gasteiger partial charge in [0.1, 0.15) is 0 Å². The Kier molecular flexibility index (Phi) is 16.6. The summed E-state index contributed by atoms with van der Waals surface area (Å²) in [5, 5.41) is 0. The van der Waals surface area contributed by atoms with Crippen molar-refractivity contribution in [3.63, 3.8) is 0 Å². The lowest BCUT2D eigenvalue weighted by atomic mass is 10.0. The highest BCUT2D eigenvalue weighted by atomic mass is 16.5. The monoisotopic (exact) mass is 382 g/mol. The van der Waals surface area contributed by atoms with Crippen LogP contribution in [0.4, 0.5) is 0 Å². The molecule has 0 heterocycles. The summed E-state index contributed by atoms with van der Waals surface area (Å²) in [6.07, 6.45) is 22.4. The topological polar surface area (TPSA) is 18.5 Å². The lowest BCUT2D eigenvalue weighted by molar-refractivity contribution is -0.0197. The lowest BCUT2D eigenvalue weighted by Crippen LogP contribution is -2.20. The fourth-order valence-corrected chi connectivity index (χ4v) is 4.06. The van der Waals surface area contributed by atoms with E-state index in [2.05, 4.69) is 20.8 Å². The largest absolute Gasteiger partial charge is 0.379 e. The Hall–Kier alpha value is -0.0800. The molecule has 0 amide bonds. The Balaban J connectivity index is 1.79. The second-order valence-corrected chi connectivity index (χ2v) is 8.84. The third-order valence-electron chi connectivity index (χ3n) is 6.22. The summed E-state index contributed by atoms with van der Waals surface area (Å²) < 4.78 is 11.7. The summed E-state index contributed by atoms with van der Waals surface area (Å²) in [6.45, 7) is 9.28. The van der Waals surface area contributed by atoms with Crippen molar-refractivity contribution >= 4 is 0 Å². The average molecular weight is 383 g/mol. The number of hydrogen-bond acceptors (Lipinski definition) is 2. The van der Waals surface area contributed by atoms with E-state index in [0.717, 1.165) is 44.5 Å². The fraction of sp³-hybridized carbons (Fsp3) is 1.00. The highest BCUT2D eigenvalue weighted by Gasteiger charge is 2.34. The summed E-state index contributed by atoms with van der Waals surface area (Å²) in [5.41, 5.74) is 0. The molecule has 0 aromatic rings. The maximum Gasteiger partial charge on any atom is 0.0805 e. The van der Waals surface area contributed by atoms with Crippen LogP contribution in [0.3, 0.4) is 0 Å². The van der Waals surface area contributed by atoms with Gasteiger partial charge in [-0.2, -0.15) is 0 Å². The van der Waals surface area contributed by atoms with Crippen LogP contribution in [0, 0.1) is 11.8 Å². The van der Waals surface area contributed by atoms with E-state index < -0.39 is 0 Å². The molecule has 1 rings (SSSR count). The molecule has 0 aromatic heterocycles. The summed E-state index contributed by atoms with van der Waals surface area (Å²) in [7, 11) is 0. The second kappa shape index (κ2) is 18.0. The first-order chi connectivity index (χ1) is 13.3. The van der Waals surface area contributed by atoms with Crippen LogP contribution in [-0.4, -0.2) is 25.9 Å². The van der Waals surface area contributed by atoms with Gasteiger partial charge in [-0.3, -0.25) is 0 Å². The van der Waals surface area contributed by atoms with Crippen molar-refractivity contribution < 1.29 is 9.47 Å². The van der Waals surface area contributed by atoms with E-state index in [0.29, 0.717) is 6.10 Å². The van der Waals surface area contributed by atoms with Crippen molar-refractivity contribution in [1.29, 1.82) is 0 Å². The highest BCUT2D eigenvalue weighted by Crippen LogP contribution is 2.45. The van der Waals surface area contributed by atoms with Gasteiger partial charge >= 0.3 is 0 Å². The first-order valence-corrected chi connectivity index (χ1v) is 12.5. The van der Waals surface area contributed by atoms with E-state index >= 15 is 0 Å². The molecule has 0 bridgehead atoms. The SMILES string of the molecule is CCCCCCCCC1CC1CCCCCCOCC(CC)OCCCC. The number of rotatable bonds is 21. The van der Waals surface area contributed by atoms with E-state index in [-0.39, 0.29) is 0 Å². The molecule has 162 valence electrons. The zero-order valence-corrected chi connectivity index (χ0v) is 19.0. The van der Waals surface area contributed by atoms with Gasteiger partial charge in [-0.05, 0) is 37.5 Å². The van der Waals surface area contributed by atoms with Crippen LogP contribution in [0.2, 0.25) is 0 Å². The molecule has 3 unspecified atom stereocenters. The molecule has 0 spiro atoms. The maximum absolute atomic E-state index is 5.85. The Morgan fingerprint density at radius 1 is 0.667 bits per heavy atom. The van der Waals surface area contributed by atoms with E-state index in [1.54, 1.807) is 0 Å². The van der Waals surface area contributed by atoms with Crippen LogP contribution in [0.5, 0.6) is 0 Å². The van der Waals surface area contributed by atoms with Gasteiger partial charge in [-0.1, -0.05) is 97.8 Å². The molecule has 0 aromatic carbocycles. The Bertz CT molecular complexity index is 305. The van der Waals surface area contributed by atoms with Gasteiger partial charge in [0.05, 0.1) is 12.7 Å². The van der Waals surface area contributed by atoms with Crippen LogP contribution in [0.15, 0.2) is 0 Å². The molecule has 0 saturated heterocycles. The van der Waals surface area contributed by atoms with E-state index in [1.165, 1.54) is 89.9 Å². The smallest absolute Gasteiger partial charge is 0.0805 e. The minimum atomic E-state index is 0.301. The van der Waals surface area contributed by atoms with Crippen molar-refractivity contribution in [3.8, 4) is 0 Å². The van der Waals surface area contributed by atoms with Crippen LogP contribution in [0.25, 0.3) is 0 Å². The van der Waals surface area contributed by atoms with Gasteiger partial charge in [-0.15, -0.1) is 0 Å². The standard InChI is InChI=1S/C25H50O2/c1-4-7-9-10-11-14-17-23-21-24(23)18-15-12-13-16-19-26-22-25(6-3)27-20-8-5-2/h23-25H,4-22H2,1-3H3. The van der Waals surface area contributed by atoms with Crippen LogP contribution < -0.4 is 0 Å². The summed E-state index contributed by atoms with van der Waals surface area (Å²) in [4.78, 5) is 0. The van der Waals surface area contributed by atoms with Gasteiger partial charge < -0.3 is 9.47 Å². The second-order valence-electron chi connectivity index (χ2n) is 8.84. The van der Waals surface area contributed by atoms with Crippen molar-refractivity contribution in [2.45, 2.75) is 130 Å². The normalized spacial score (nSPS) is 20.1. The predicted molar refractivity (Wildman–Crippen MR) is 118 cm³/mol. The Morgan fingerprint density at radius 2 is 1.26 bits per heavy atom. The Labute approximate surface area is 171 Å². The first kappa shape index (κ1) is 25.0. The lowest BCUT2D eigenvalue weighted by Gasteiger charge is -2.16.